The zero-order valence-corrected chi connectivity index (χ0v) is 14.7. The van der Waals surface area contributed by atoms with Crippen LogP contribution in [0.15, 0.2) is 58.3 Å². The lowest BCUT2D eigenvalue weighted by Gasteiger charge is -2.08. The highest BCUT2D eigenvalue weighted by Gasteiger charge is 2.11. The van der Waals surface area contributed by atoms with E-state index in [0.29, 0.717) is 11.4 Å². The zero-order chi connectivity index (χ0) is 16.9. The fourth-order valence-electron chi connectivity index (χ4n) is 1.97. The topological polar surface area (TPSA) is 63.2 Å². The minimum Gasteiger partial charge on any atom is -0.325 e. The van der Waals surface area contributed by atoms with Crippen LogP contribution in [0.25, 0.3) is 0 Å². The number of rotatable bonds is 6. The molecule has 0 saturated heterocycles. The number of benzene rings is 2. The third-order valence-electron chi connectivity index (χ3n) is 3.33. The Labute approximate surface area is 141 Å². The number of hydrogen-bond acceptors (Lipinski definition) is 4. The van der Waals surface area contributed by atoms with Gasteiger partial charge in [-0.3, -0.25) is 4.79 Å². The van der Waals surface area contributed by atoms with Crippen molar-refractivity contribution in [1.29, 1.82) is 0 Å². The third-order valence-corrected chi connectivity index (χ3v) is 6.26. The lowest BCUT2D eigenvalue weighted by Crippen LogP contribution is -2.14. The Hall–Kier alpha value is -1.79. The first-order valence-electron chi connectivity index (χ1n) is 7.23. The highest BCUT2D eigenvalue weighted by Crippen LogP contribution is 2.22. The van der Waals surface area contributed by atoms with Gasteiger partial charge in [-0.05, 0) is 42.8 Å². The van der Waals surface area contributed by atoms with Crippen molar-refractivity contribution in [2.24, 2.45) is 0 Å². The number of thioether (sulfide) groups is 1. The van der Waals surface area contributed by atoms with Gasteiger partial charge in [0.05, 0.1) is 16.4 Å². The van der Waals surface area contributed by atoms with Gasteiger partial charge in [-0.25, -0.2) is 8.42 Å². The van der Waals surface area contributed by atoms with Gasteiger partial charge in [0.15, 0.2) is 9.84 Å². The maximum Gasteiger partial charge on any atom is 0.234 e. The van der Waals surface area contributed by atoms with E-state index in [2.05, 4.69) is 5.32 Å². The summed E-state index contributed by atoms with van der Waals surface area (Å²) < 4.78 is 23.5. The summed E-state index contributed by atoms with van der Waals surface area (Å²) in [6.45, 7) is 3.61. The molecule has 0 aromatic heterocycles. The number of amides is 1. The van der Waals surface area contributed by atoms with Crippen LogP contribution in [0, 0.1) is 6.92 Å². The molecule has 0 fully saturated rings. The first-order chi connectivity index (χ1) is 10.9. The molecule has 0 atom stereocenters. The summed E-state index contributed by atoms with van der Waals surface area (Å²) in [5.74, 6) is 0.246. The van der Waals surface area contributed by atoms with Crippen molar-refractivity contribution in [2.45, 2.75) is 23.6 Å². The lowest BCUT2D eigenvalue weighted by atomic mass is 10.2. The van der Waals surface area contributed by atoms with Crippen molar-refractivity contribution in [2.75, 3.05) is 16.8 Å². The van der Waals surface area contributed by atoms with Crippen LogP contribution in [0.2, 0.25) is 0 Å². The molecule has 0 aliphatic rings. The standard InChI is InChI=1S/C17H19NO3S2/c1-3-23(20,21)15-10-8-14(9-11-15)18-17(19)12-22-16-7-5-4-6-13(16)2/h4-11H,3,12H2,1-2H3,(H,18,19). The molecule has 0 heterocycles. The average molecular weight is 349 g/mol. The maximum absolute atomic E-state index is 12.0. The van der Waals surface area contributed by atoms with Crippen LogP contribution < -0.4 is 5.32 Å². The number of sulfone groups is 1. The summed E-state index contributed by atoms with van der Waals surface area (Å²) in [5.41, 5.74) is 1.73. The first-order valence-corrected chi connectivity index (χ1v) is 9.87. The molecule has 6 heteroatoms. The maximum atomic E-state index is 12.0. The number of anilines is 1. The highest BCUT2D eigenvalue weighted by atomic mass is 32.2. The summed E-state index contributed by atoms with van der Waals surface area (Å²) in [6.07, 6.45) is 0. The smallest absolute Gasteiger partial charge is 0.234 e. The quantitative estimate of drug-likeness (QED) is 0.811. The molecule has 122 valence electrons. The van der Waals surface area contributed by atoms with Crippen LogP contribution in [0.4, 0.5) is 5.69 Å². The summed E-state index contributed by atoms with van der Waals surface area (Å²) in [7, 11) is -3.21. The Balaban J connectivity index is 1.94. The predicted molar refractivity (Wildman–Crippen MR) is 94.7 cm³/mol. The summed E-state index contributed by atoms with van der Waals surface area (Å²) in [6, 6.07) is 14.2. The SMILES string of the molecule is CCS(=O)(=O)c1ccc(NC(=O)CSc2ccccc2C)cc1. The lowest BCUT2D eigenvalue weighted by molar-refractivity contribution is -0.113. The van der Waals surface area contributed by atoms with Gasteiger partial charge >= 0.3 is 0 Å². The number of carbonyl (C=O) groups is 1. The van der Waals surface area contributed by atoms with Gasteiger partial charge in [-0.1, -0.05) is 25.1 Å². The molecule has 0 aliphatic heterocycles. The Morgan fingerprint density at radius 3 is 2.35 bits per heavy atom. The number of nitrogens with one attached hydrogen (secondary N) is 1. The number of aryl methyl sites for hydroxylation is 1. The van der Waals surface area contributed by atoms with Crippen molar-refractivity contribution >= 4 is 33.2 Å². The molecule has 0 bridgehead atoms. The molecule has 2 aromatic rings. The van der Waals surface area contributed by atoms with E-state index in [-0.39, 0.29) is 16.6 Å². The van der Waals surface area contributed by atoms with Crippen molar-refractivity contribution < 1.29 is 13.2 Å². The van der Waals surface area contributed by atoms with Gasteiger partial charge in [0, 0.05) is 10.6 Å². The normalized spacial score (nSPS) is 11.2. The van der Waals surface area contributed by atoms with Crippen molar-refractivity contribution in [3.05, 3.63) is 54.1 Å². The summed E-state index contributed by atoms with van der Waals surface area (Å²) >= 11 is 1.48. The fraction of sp³-hybridized carbons (Fsp3) is 0.235. The molecule has 0 radical (unpaired) electrons. The van der Waals surface area contributed by atoms with Gasteiger partial charge in [0.25, 0.3) is 0 Å². The Morgan fingerprint density at radius 2 is 1.74 bits per heavy atom. The van der Waals surface area contributed by atoms with E-state index < -0.39 is 9.84 Å². The van der Waals surface area contributed by atoms with E-state index in [1.54, 1.807) is 19.1 Å². The van der Waals surface area contributed by atoms with Gasteiger partial charge in [-0.2, -0.15) is 0 Å². The second kappa shape index (κ2) is 7.66. The summed E-state index contributed by atoms with van der Waals surface area (Å²) in [5, 5.41) is 2.77. The zero-order valence-electron chi connectivity index (χ0n) is 13.1. The van der Waals surface area contributed by atoms with Crippen LogP contribution >= 0.6 is 11.8 Å². The molecule has 0 aliphatic carbocycles. The van der Waals surface area contributed by atoms with Crippen molar-refractivity contribution in [3.8, 4) is 0 Å². The second-order valence-electron chi connectivity index (χ2n) is 5.03. The Bertz CT molecular complexity index is 784. The van der Waals surface area contributed by atoms with Gasteiger partial charge in [-0.15, -0.1) is 11.8 Å². The van der Waals surface area contributed by atoms with Crippen LogP contribution in [0.5, 0.6) is 0 Å². The largest absolute Gasteiger partial charge is 0.325 e. The Kier molecular flexibility index (Phi) is 5.85. The van der Waals surface area contributed by atoms with Gasteiger partial charge in [0.1, 0.15) is 0 Å². The highest BCUT2D eigenvalue weighted by molar-refractivity contribution is 8.00. The fourth-order valence-corrected chi connectivity index (χ4v) is 3.68. The molecule has 23 heavy (non-hydrogen) atoms. The number of carbonyl (C=O) groups excluding carboxylic acids is 1. The molecule has 4 nitrogen and oxygen atoms in total. The van der Waals surface area contributed by atoms with E-state index in [9.17, 15) is 13.2 Å². The van der Waals surface area contributed by atoms with E-state index in [4.69, 9.17) is 0 Å². The van der Waals surface area contributed by atoms with E-state index in [1.807, 2.05) is 31.2 Å². The number of hydrogen-bond donors (Lipinski definition) is 1. The second-order valence-corrected chi connectivity index (χ2v) is 8.33. The monoisotopic (exact) mass is 349 g/mol. The Morgan fingerprint density at radius 1 is 1.09 bits per heavy atom. The predicted octanol–water partition coefficient (Wildman–Crippen LogP) is 3.52. The molecule has 2 rings (SSSR count). The van der Waals surface area contributed by atoms with Gasteiger partial charge < -0.3 is 5.32 Å². The molecule has 1 amide bonds. The van der Waals surface area contributed by atoms with Crippen LogP contribution in [-0.4, -0.2) is 25.8 Å². The van der Waals surface area contributed by atoms with E-state index >= 15 is 0 Å². The van der Waals surface area contributed by atoms with Gasteiger partial charge in [0.2, 0.25) is 5.91 Å². The molecular formula is C17H19NO3S2. The molecule has 0 saturated carbocycles. The summed E-state index contributed by atoms with van der Waals surface area (Å²) in [4.78, 5) is 13.3. The van der Waals surface area contributed by atoms with E-state index in [0.717, 1.165) is 10.5 Å². The van der Waals surface area contributed by atoms with Crippen LogP contribution in [0.3, 0.4) is 0 Å². The first kappa shape index (κ1) is 17.6. The molecule has 2 aromatic carbocycles. The average Bonchev–Trinajstić information content (AvgIpc) is 2.54. The van der Waals surface area contributed by atoms with Crippen LogP contribution in [-0.2, 0) is 14.6 Å². The molecular weight excluding hydrogens is 330 g/mol. The van der Waals surface area contributed by atoms with E-state index in [1.165, 1.54) is 23.9 Å². The molecule has 1 N–H and O–H groups in total. The van der Waals surface area contributed by atoms with Crippen LogP contribution in [0.1, 0.15) is 12.5 Å². The minimum absolute atomic E-state index is 0.0613. The minimum atomic E-state index is -3.21. The third kappa shape index (κ3) is 4.84. The van der Waals surface area contributed by atoms with Crippen molar-refractivity contribution in [1.82, 2.24) is 0 Å². The molecule has 0 spiro atoms. The molecule has 0 unspecified atom stereocenters. The van der Waals surface area contributed by atoms with Crippen molar-refractivity contribution in [3.63, 3.8) is 0 Å².